The smallest absolute Gasteiger partial charge is 0.251 e. The first-order valence-electron chi connectivity index (χ1n) is 12.2. The SMILES string of the molecule is Cc1cc(OCCCC2CCN(C3=NOC(C(C)(C)F)=CC3)CC2)ccc1C(=O)NC(C)CO. The second-order valence-corrected chi connectivity index (χ2v) is 9.80. The molecular formula is C26H38FN3O4. The Labute approximate surface area is 202 Å². The summed E-state index contributed by atoms with van der Waals surface area (Å²) >= 11 is 0. The summed E-state index contributed by atoms with van der Waals surface area (Å²) in [5.74, 6) is 2.40. The van der Waals surface area contributed by atoms with Crippen LogP contribution in [-0.2, 0) is 4.84 Å². The molecule has 1 atom stereocenters. The molecule has 0 saturated carbocycles. The van der Waals surface area contributed by atoms with Crippen molar-refractivity contribution in [2.24, 2.45) is 11.1 Å². The van der Waals surface area contributed by atoms with Crippen LogP contribution in [0.2, 0.25) is 0 Å². The van der Waals surface area contributed by atoms with Crippen molar-refractivity contribution in [1.29, 1.82) is 0 Å². The highest BCUT2D eigenvalue weighted by atomic mass is 19.1. The molecule has 3 rings (SSSR count). The molecule has 1 saturated heterocycles. The molecule has 0 spiro atoms. The average molecular weight is 476 g/mol. The lowest BCUT2D eigenvalue weighted by atomic mass is 9.92. The van der Waals surface area contributed by atoms with E-state index in [1.54, 1.807) is 19.1 Å². The van der Waals surface area contributed by atoms with Crippen molar-refractivity contribution in [3.05, 3.63) is 41.2 Å². The Morgan fingerprint density at radius 1 is 1.38 bits per heavy atom. The minimum Gasteiger partial charge on any atom is -0.494 e. The van der Waals surface area contributed by atoms with E-state index in [1.165, 1.54) is 13.8 Å². The van der Waals surface area contributed by atoms with Crippen LogP contribution >= 0.6 is 0 Å². The summed E-state index contributed by atoms with van der Waals surface area (Å²) in [5, 5.41) is 16.0. The second kappa shape index (κ2) is 11.7. The summed E-state index contributed by atoms with van der Waals surface area (Å²) in [7, 11) is 0. The molecule has 0 aliphatic carbocycles. The lowest BCUT2D eigenvalue weighted by Gasteiger charge is -2.34. The number of carbonyl (C=O) groups excluding carboxylic acids is 1. The summed E-state index contributed by atoms with van der Waals surface area (Å²) in [6, 6.07) is 5.19. The van der Waals surface area contributed by atoms with Crippen molar-refractivity contribution in [2.45, 2.75) is 71.5 Å². The molecule has 2 aliphatic heterocycles. The number of hydrogen-bond acceptors (Lipinski definition) is 6. The van der Waals surface area contributed by atoms with Gasteiger partial charge in [0.25, 0.3) is 5.91 Å². The number of piperidine rings is 1. The number of aliphatic hydroxyl groups is 1. The van der Waals surface area contributed by atoms with E-state index >= 15 is 0 Å². The van der Waals surface area contributed by atoms with Crippen molar-refractivity contribution in [3.63, 3.8) is 0 Å². The molecule has 1 unspecified atom stereocenters. The molecule has 0 radical (unpaired) electrons. The van der Waals surface area contributed by atoms with Gasteiger partial charge in [0.2, 0.25) is 0 Å². The Bertz CT molecular complexity index is 902. The van der Waals surface area contributed by atoms with Gasteiger partial charge in [-0.1, -0.05) is 5.16 Å². The number of ether oxygens (including phenoxy) is 1. The number of benzene rings is 1. The predicted octanol–water partition coefficient (Wildman–Crippen LogP) is 4.34. The van der Waals surface area contributed by atoms with Crippen molar-refractivity contribution in [2.75, 3.05) is 26.3 Å². The number of hydrogen-bond donors (Lipinski definition) is 2. The van der Waals surface area contributed by atoms with Crippen molar-refractivity contribution >= 4 is 11.7 Å². The molecule has 1 amide bonds. The number of aliphatic hydroxyl groups excluding tert-OH is 1. The fraction of sp³-hybridized carbons (Fsp3) is 0.615. The number of carbonyl (C=O) groups is 1. The van der Waals surface area contributed by atoms with E-state index < -0.39 is 5.67 Å². The molecule has 34 heavy (non-hydrogen) atoms. The van der Waals surface area contributed by atoms with Gasteiger partial charge < -0.3 is 24.9 Å². The van der Waals surface area contributed by atoms with Gasteiger partial charge in [-0.25, -0.2) is 4.39 Å². The minimum atomic E-state index is -1.50. The number of aryl methyl sites for hydroxylation is 1. The number of rotatable bonds is 9. The van der Waals surface area contributed by atoms with Gasteiger partial charge in [0.1, 0.15) is 11.6 Å². The summed E-state index contributed by atoms with van der Waals surface area (Å²) in [6.07, 6.45) is 6.68. The maximum Gasteiger partial charge on any atom is 0.251 e. The topological polar surface area (TPSA) is 83.4 Å². The normalized spacial score (nSPS) is 18.0. The largest absolute Gasteiger partial charge is 0.494 e. The first-order valence-corrected chi connectivity index (χ1v) is 12.2. The van der Waals surface area contributed by atoms with Gasteiger partial charge >= 0.3 is 0 Å². The number of likely N-dealkylation sites (tertiary alicyclic amines) is 1. The fourth-order valence-corrected chi connectivity index (χ4v) is 4.27. The summed E-state index contributed by atoms with van der Waals surface area (Å²) in [4.78, 5) is 19.8. The third-order valence-electron chi connectivity index (χ3n) is 6.40. The fourth-order valence-electron chi connectivity index (χ4n) is 4.27. The zero-order chi connectivity index (χ0) is 24.7. The van der Waals surface area contributed by atoms with Gasteiger partial charge in [-0.05, 0) is 89.1 Å². The highest BCUT2D eigenvalue weighted by molar-refractivity contribution is 5.96. The van der Waals surface area contributed by atoms with E-state index in [0.29, 0.717) is 24.5 Å². The summed E-state index contributed by atoms with van der Waals surface area (Å²) in [6.45, 7) is 9.02. The van der Waals surface area contributed by atoms with E-state index in [0.717, 1.165) is 55.9 Å². The van der Waals surface area contributed by atoms with E-state index in [2.05, 4.69) is 15.4 Å². The van der Waals surface area contributed by atoms with Crippen LogP contribution in [0.4, 0.5) is 4.39 Å². The van der Waals surface area contributed by atoms with E-state index in [1.807, 2.05) is 19.1 Å². The molecule has 1 fully saturated rings. The van der Waals surface area contributed by atoms with Crippen LogP contribution in [0.15, 0.2) is 35.2 Å². The molecule has 8 heteroatoms. The Balaban J connectivity index is 1.35. The Kier molecular flexibility index (Phi) is 8.94. The van der Waals surface area contributed by atoms with Crippen molar-refractivity contribution < 1.29 is 23.9 Å². The van der Waals surface area contributed by atoms with Crippen molar-refractivity contribution in [3.8, 4) is 5.75 Å². The van der Waals surface area contributed by atoms with Gasteiger partial charge in [0, 0.05) is 31.1 Å². The molecule has 0 aromatic heterocycles. The molecule has 1 aromatic rings. The van der Waals surface area contributed by atoms with Gasteiger partial charge in [-0.3, -0.25) is 4.79 Å². The third-order valence-corrected chi connectivity index (χ3v) is 6.40. The number of alkyl halides is 1. The highest BCUT2D eigenvalue weighted by Gasteiger charge is 2.29. The number of halogens is 1. The Morgan fingerprint density at radius 2 is 2.12 bits per heavy atom. The molecule has 7 nitrogen and oxygen atoms in total. The molecule has 2 heterocycles. The van der Waals surface area contributed by atoms with E-state index in [9.17, 15) is 9.18 Å². The van der Waals surface area contributed by atoms with Gasteiger partial charge in [0.15, 0.2) is 11.4 Å². The molecule has 2 N–H and O–H groups in total. The van der Waals surface area contributed by atoms with E-state index in [-0.39, 0.29) is 24.3 Å². The first kappa shape index (κ1) is 26.0. The van der Waals surface area contributed by atoms with Gasteiger partial charge in [-0.15, -0.1) is 0 Å². The van der Waals surface area contributed by atoms with Crippen LogP contribution in [-0.4, -0.2) is 59.8 Å². The van der Waals surface area contributed by atoms with Crippen LogP contribution in [0, 0.1) is 12.8 Å². The standard InChI is InChI=1S/C26H38FN3O4/c1-18-16-21(7-8-22(18)25(32)28-19(2)17-31)33-15-5-6-20-11-13-30(14-12-20)24-10-9-23(34-29-24)26(3,4)27/h7-9,16,19-20,31H,5-6,10-15,17H2,1-4H3,(H,28,32). The molecule has 0 bridgehead atoms. The Hall–Kier alpha value is -2.61. The van der Waals surface area contributed by atoms with E-state index in [4.69, 9.17) is 14.7 Å². The first-order chi connectivity index (χ1) is 16.2. The lowest BCUT2D eigenvalue weighted by molar-refractivity contribution is 0.0921. The van der Waals surface area contributed by atoms with Gasteiger partial charge in [-0.2, -0.15) is 0 Å². The number of allylic oxidation sites excluding steroid dienone is 1. The monoisotopic (exact) mass is 475 g/mol. The third kappa shape index (κ3) is 7.19. The van der Waals surface area contributed by atoms with Crippen LogP contribution in [0.1, 0.15) is 68.8 Å². The summed E-state index contributed by atoms with van der Waals surface area (Å²) < 4.78 is 19.9. The van der Waals surface area contributed by atoms with Crippen molar-refractivity contribution in [1.82, 2.24) is 10.2 Å². The zero-order valence-corrected chi connectivity index (χ0v) is 20.8. The maximum atomic E-state index is 14.0. The Morgan fingerprint density at radius 3 is 2.71 bits per heavy atom. The highest BCUT2D eigenvalue weighted by Crippen LogP contribution is 2.28. The molecule has 1 aromatic carbocycles. The summed E-state index contributed by atoms with van der Waals surface area (Å²) in [5.41, 5.74) is -0.0648. The lowest BCUT2D eigenvalue weighted by Crippen LogP contribution is -2.39. The minimum absolute atomic E-state index is 0.0920. The molecule has 188 valence electrons. The number of amidine groups is 1. The quantitative estimate of drug-likeness (QED) is 0.519. The zero-order valence-electron chi connectivity index (χ0n) is 20.8. The van der Waals surface area contributed by atoms with Crippen LogP contribution in [0.25, 0.3) is 0 Å². The number of oxime groups is 1. The molecular weight excluding hydrogens is 437 g/mol. The van der Waals surface area contributed by atoms with Crippen LogP contribution in [0.5, 0.6) is 5.75 Å². The predicted molar refractivity (Wildman–Crippen MR) is 131 cm³/mol. The number of nitrogens with zero attached hydrogens (tertiary/aromatic N) is 2. The van der Waals surface area contributed by atoms with Crippen LogP contribution < -0.4 is 10.1 Å². The van der Waals surface area contributed by atoms with Gasteiger partial charge in [0.05, 0.1) is 13.2 Å². The number of amides is 1. The molecule has 2 aliphatic rings. The number of nitrogens with one attached hydrogen (secondary N) is 1. The second-order valence-electron chi connectivity index (χ2n) is 9.80. The van der Waals surface area contributed by atoms with Crippen LogP contribution in [0.3, 0.4) is 0 Å². The average Bonchev–Trinajstić information content (AvgIpc) is 2.81. The maximum absolute atomic E-state index is 14.0.